The van der Waals surface area contributed by atoms with Crippen LogP contribution in [0.25, 0.3) is 5.65 Å². The zero-order chi connectivity index (χ0) is 16.0. The summed E-state index contributed by atoms with van der Waals surface area (Å²) in [6, 6.07) is 5.03. The quantitative estimate of drug-likeness (QED) is 0.934. The molecule has 2 aromatic heterocycles. The van der Waals surface area contributed by atoms with Gasteiger partial charge < -0.3 is 14.4 Å². The fourth-order valence-corrected chi connectivity index (χ4v) is 4.21. The lowest BCUT2D eigenvalue weighted by molar-refractivity contribution is -0.149. The van der Waals surface area contributed by atoms with Gasteiger partial charge in [-0.1, -0.05) is 12.5 Å². The zero-order valence-corrected chi connectivity index (χ0v) is 12.8. The molecule has 0 bridgehead atoms. The van der Waals surface area contributed by atoms with Crippen molar-refractivity contribution < 1.29 is 14.7 Å². The van der Waals surface area contributed by atoms with Crippen molar-refractivity contribution in [2.24, 2.45) is 11.8 Å². The summed E-state index contributed by atoms with van der Waals surface area (Å²) < 4.78 is 1.87. The summed E-state index contributed by atoms with van der Waals surface area (Å²) >= 11 is 0. The smallest absolute Gasteiger partial charge is 0.326 e. The summed E-state index contributed by atoms with van der Waals surface area (Å²) in [7, 11) is 0. The van der Waals surface area contributed by atoms with Gasteiger partial charge in [-0.2, -0.15) is 0 Å². The minimum atomic E-state index is -0.872. The Bertz CT molecular complexity index is 736. The van der Waals surface area contributed by atoms with Crippen LogP contribution in [-0.4, -0.2) is 43.9 Å². The molecule has 1 saturated heterocycles. The van der Waals surface area contributed by atoms with Gasteiger partial charge in [-0.3, -0.25) is 4.79 Å². The molecule has 6 nitrogen and oxygen atoms in total. The topological polar surface area (TPSA) is 74.9 Å². The van der Waals surface area contributed by atoms with Crippen molar-refractivity contribution >= 4 is 17.5 Å². The summed E-state index contributed by atoms with van der Waals surface area (Å²) in [4.78, 5) is 30.3. The van der Waals surface area contributed by atoms with Crippen LogP contribution in [0.4, 0.5) is 0 Å². The second-order valence-corrected chi connectivity index (χ2v) is 6.56. The zero-order valence-electron chi connectivity index (χ0n) is 12.8. The van der Waals surface area contributed by atoms with Crippen molar-refractivity contribution in [1.82, 2.24) is 14.3 Å². The maximum absolute atomic E-state index is 12.7. The molecule has 1 saturated carbocycles. The summed E-state index contributed by atoms with van der Waals surface area (Å²) in [6.45, 7) is 0.577. The molecule has 2 aromatic rings. The SMILES string of the molecule is O=C(O)[C@@H]1[C@H]2CCC[C@H]2CN1C(=O)Cc1cn2ccccc2n1. The van der Waals surface area contributed by atoms with E-state index < -0.39 is 12.0 Å². The summed E-state index contributed by atoms with van der Waals surface area (Å²) in [5.74, 6) is -0.531. The minimum Gasteiger partial charge on any atom is -0.480 e. The van der Waals surface area contributed by atoms with Crippen LogP contribution < -0.4 is 0 Å². The molecule has 2 aliphatic rings. The molecule has 6 heteroatoms. The van der Waals surface area contributed by atoms with E-state index in [0.717, 1.165) is 24.9 Å². The molecule has 0 spiro atoms. The van der Waals surface area contributed by atoms with E-state index in [4.69, 9.17) is 0 Å². The standard InChI is InChI=1S/C17H19N3O3/c21-15(8-12-10-19-7-2-1-6-14(19)18-12)20-9-11-4-3-5-13(11)16(20)17(22)23/h1-2,6-7,10-11,13,16H,3-5,8-9H2,(H,22,23)/t11-,13-,16-/m0/s1. The van der Waals surface area contributed by atoms with E-state index in [1.54, 1.807) is 4.90 Å². The number of carbonyl (C=O) groups excluding carboxylic acids is 1. The summed E-state index contributed by atoms with van der Waals surface area (Å²) in [5, 5.41) is 9.55. The molecule has 3 atom stereocenters. The highest BCUT2D eigenvalue weighted by Gasteiger charge is 2.49. The Labute approximate surface area is 133 Å². The third-order valence-corrected chi connectivity index (χ3v) is 5.21. The first-order valence-corrected chi connectivity index (χ1v) is 8.08. The molecule has 0 unspecified atom stereocenters. The number of aliphatic carboxylic acids is 1. The molecule has 4 rings (SSSR count). The molecule has 0 aromatic carbocycles. The van der Waals surface area contributed by atoms with E-state index in [-0.39, 0.29) is 18.2 Å². The number of aromatic nitrogens is 2. The molecule has 23 heavy (non-hydrogen) atoms. The number of carboxylic acids is 1. The van der Waals surface area contributed by atoms with Gasteiger partial charge in [0.15, 0.2) is 0 Å². The van der Waals surface area contributed by atoms with Gasteiger partial charge >= 0.3 is 5.97 Å². The number of hydrogen-bond donors (Lipinski definition) is 1. The van der Waals surface area contributed by atoms with Gasteiger partial charge in [0.25, 0.3) is 0 Å². The third kappa shape index (κ3) is 2.38. The Hall–Kier alpha value is -2.37. The van der Waals surface area contributed by atoms with Crippen LogP contribution >= 0.6 is 0 Å². The van der Waals surface area contributed by atoms with Gasteiger partial charge in [-0.25, -0.2) is 9.78 Å². The Morgan fingerprint density at radius 3 is 2.96 bits per heavy atom. The second-order valence-electron chi connectivity index (χ2n) is 6.56. The lowest BCUT2D eigenvalue weighted by Gasteiger charge is -2.24. The van der Waals surface area contributed by atoms with Crippen LogP contribution in [0.15, 0.2) is 30.6 Å². The van der Waals surface area contributed by atoms with Crippen molar-refractivity contribution in [2.75, 3.05) is 6.54 Å². The fraction of sp³-hybridized carbons (Fsp3) is 0.471. The lowest BCUT2D eigenvalue weighted by Crippen LogP contribution is -2.44. The highest BCUT2D eigenvalue weighted by atomic mass is 16.4. The molecule has 1 aliphatic heterocycles. The monoisotopic (exact) mass is 313 g/mol. The number of pyridine rings is 1. The van der Waals surface area contributed by atoms with E-state index in [2.05, 4.69) is 4.98 Å². The third-order valence-electron chi connectivity index (χ3n) is 5.21. The number of carboxylic acid groups (broad SMARTS) is 1. The highest BCUT2D eigenvalue weighted by molar-refractivity contribution is 5.86. The largest absolute Gasteiger partial charge is 0.480 e. The average molecular weight is 313 g/mol. The van der Waals surface area contributed by atoms with Crippen LogP contribution in [0, 0.1) is 11.8 Å². The number of carbonyl (C=O) groups is 2. The molecular weight excluding hydrogens is 294 g/mol. The van der Waals surface area contributed by atoms with Gasteiger partial charge in [0.1, 0.15) is 11.7 Å². The number of rotatable bonds is 3. The Balaban J connectivity index is 1.55. The second kappa shape index (κ2) is 5.37. The van der Waals surface area contributed by atoms with E-state index >= 15 is 0 Å². The van der Waals surface area contributed by atoms with Crippen molar-refractivity contribution in [3.05, 3.63) is 36.3 Å². The van der Waals surface area contributed by atoms with Crippen LogP contribution in [-0.2, 0) is 16.0 Å². The van der Waals surface area contributed by atoms with Crippen molar-refractivity contribution in [2.45, 2.75) is 31.7 Å². The van der Waals surface area contributed by atoms with E-state index in [9.17, 15) is 14.7 Å². The first-order valence-electron chi connectivity index (χ1n) is 8.08. The van der Waals surface area contributed by atoms with Crippen LogP contribution in [0.1, 0.15) is 25.0 Å². The van der Waals surface area contributed by atoms with Crippen LogP contribution in [0.2, 0.25) is 0 Å². The number of nitrogens with zero attached hydrogens (tertiary/aromatic N) is 3. The van der Waals surface area contributed by atoms with E-state index in [1.807, 2.05) is 35.0 Å². The molecule has 2 fully saturated rings. The predicted octanol–water partition coefficient (Wildman–Crippen LogP) is 1.59. The number of likely N-dealkylation sites (tertiary alicyclic amines) is 1. The van der Waals surface area contributed by atoms with Crippen molar-refractivity contribution in [3.8, 4) is 0 Å². The van der Waals surface area contributed by atoms with Gasteiger partial charge in [-0.15, -0.1) is 0 Å². The Morgan fingerprint density at radius 1 is 1.30 bits per heavy atom. The van der Waals surface area contributed by atoms with Crippen molar-refractivity contribution in [1.29, 1.82) is 0 Å². The number of hydrogen-bond acceptors (Lipinski definition) is 3. The van der Waals surface area contributed by atoms with Crippen LogP contribution in [0.3, 0.4) is 0 Å². The number of imidazole rings is 1. The van der Waals surface area contributed by atoms with Gasteiger partial charge in [0.2, 0.25) is 5.91 Å². The molecule has 1 N–H and O–H groups in total. The van der Waals surface area contributed by atoms with Gasteiger partial charge in [0, 0.05) is 18.9 Å². The molecule has 0 radical (unpaired) electrons. The number of fused-ring (bicyclic) bond motifs is 2. The van der Waals surface area contributed by atoms with Crippen molar-refractivity contribution in [3.63, 3.8) is 0 Å². The van der Waals surface area contributed by atoms with E-state index in [1.165, 1.54) is 0 Å². The Kier molecular flexibility index (Phi) is 3.32. The molecule has 120 valence electrons. The lowest BCUT2D eigenvalue weighted by atomic mass is 9.94. The summed E-state index contributed by atoms with van der Waals surface area (Å²) in [6.07, 6.45) is 6.90. The molecule has 1 amide bonds. The summed E-state index contributed by atoms with van der Waals surface area (Å²) in [5.41, 5.74) is 1.48. The fourth-order valence-electron chi connectivity index (χ4n) is 4.21. The van der Waals surface area contributed by atoms with E-state index in [0.29, 0.717) is 18.2 Å². The van der Waals surface area contributed by atoms with Crippen LogP contribution in [0.5, 0.6) is 0 Å². The minimum absolute atomic E-state index is 0.123. The molecule has 1 aliphatic carbocycles. The number of amides is 1. The first-order chi connectivity index (χ1) is 11.1. The first kappa shape index (κ1) is 14.2. The molecule has 3 heterocycles. The molecular formula is C17H19N3O3. The van der Waals surface area contributed by atoms with Gasteiger partial charge in [-0.05, 0) is 36.8 Å². The Morgan fingerprint density at radius 2 is 2.17 bits per heavy atom. The normalized spacial score (nSPS) is 26.6. The highest BCUT2D eigenvalue weighted by Crippen LogP contribution is 2.42. The maximum atomic E-state index is 12.7. The van der Waals surface area contributed by atoms with Gasteiger partial charge in [0.05, 0.1) is 12.1 Å². The average Bonchev–Trinajstić information content (AvgIpc) is 3.18. The predicted molar refractivity (Wildman–Crippen MR) is 82.9 cm³/mol. The maximum Gasteiger partial charge on any atom is 0.326 e.